The van der Waals surface area contributed by atoms with E-state index in [4.69, 9.17) is 25.1 Å². The van der Waals surface area contributed by atoms with Crippen LogP contribution in [-0.4, -0.2) is 114 Å². The highest BCUT2D eigenvalue weighted by Crippen LogP contribution is 2.59. The molecule has 6 rings (SSSR count). The fraction of sp³-hybridized carbons (Fsp3) is 1.00. The molecule has 87 heavy (non-hydrogen) atoms. The molecular weight excluding hydrogens is 1240 g/mol. The molecule has 0 bridgehead atoms. The van der Waals surface area contributed by atoms with Crippen molar-refractivity contribution >= 4 is 60.7 Å². The Labute approximate surface area is 534 Å². The Morgan fingerprint density at radius 2 is 0.839 bits per heavy atom. The van der Waals surface area contributed by atoms with E-state index >= 15 is 0 Å². The Kier molecular flexibility index (Phi) is 26.9. The summed E-state index contributed by atoms with van der Waals surface area (Å²) in [6.45, 7) is 63.4. The molecule has 6 saturated heterocycles. The number of hydrogen-bond acceptors (Lipinski definition) is 18. The predicted molar refractivity (Wildman–Crippen MR) is 353 cm³/mol. The zero-order chi connectivity index (χ0) is 69.8. The molecule has 6 aliphatic heterocycles. The van der Waals surface area contributed by atoms with Gasteiger partial charge in [0.2, 0.25) is 0 Å². The van der Waals surface area contributed by atoms with Crippen molar-refractivity contribution in [2.24, 2.45) is 58.2 Å². The van der Waals surface area contributed by atoms with Gasteiger partial charge in [-0.05, 0) is 152 Å². The van der Waals surface area contributed by atoms with E-state index in [1.54, 1.807) is 6.92 Å². The first-order valence-corrected chi connectivity index (χ1v) is 40.6. The molecule has 6 aliphatic rings. The van der Waals surface area contributed by atoms with Crippen LogP contribution in [0.15, 0.2) is 0 Å². The first-order chi connectivity index (χ1) is 38.2. The lowest BCUT2D eigenvalue weighted by molar-refractivity contribution is 0.00682. The smallest absolute Gasteiger partial charge is 0.264 e. The Bertz CT molecular complexity index is 3020. The lowest BCUT2D eigenvalue weighted by Gasteiger charge is -2.43. The molecule has 6 heterocycles. The molecule has 0 aromatic rings. The minimum absolute atomic E-state index is 0.00458. The molecule has 14 atom stereocenters. The monoisotopic (exact) mass is 1360 g/mol. The average Bonchev–Trinajstić information content (AvgIpc) is 1.59. The van der Waals surface area contributed by atoms with E-state index in [2.05, 4.69) is 0 Å². The van der Waals surface area contributed by atoms with Crippen LogP contribution in [0.3, 0.4) is 0 Å². The summed E-state index contributed by atoms with van der Waals surface area (Å²) in [5.41, 5.74) is -4.20. The average molecular weight is 1360 g/mol. The summed E-state index contributed by atoms with van der Waals surface area (Å²) in [5.74, 6) is 0.866. The summed E-state index contributed by atoms with van der Waals surface area (Å²) in [6.07, 6.45) is 6.33. The topological polar surface area (TPSA) is 260 Å². The summed E-state index contributed by atoms with van der Waals surface area (Å²) in [4.78, 5) is 0. The van der Waals surface area contributed by atoms with E-state index < -0.39 is 119 Å². The van der Waals surface area contributed by atoms with E-state index in [1.807, 2.05) is 222 Å². The number of rotatable bonds is 12. The van der Waals surface area contributed by atoms with Gasteiger partial charge in [0.15, 0.2) is 0 Å². The van der Waals surface area contributed by atoms with Gasteiger partial charge >= 0.3 is 0 Å². The van der Waals surface area contributed by atoms with E-state index in [0.29, 0.717) is 12.8 Å². The third kappa shape index (κ3) is 16.8. The zero-order valence-corrected chi connectivity index (χ0v) is 65.2. The van der Waals surface area contributed by atoms with Gasteiger partial charge in [-0.3, -0.25) is 25.1 Å². The van der Waals surface area contributed by atoms with E-state index in [0.717, 1.165) is 38.5 Å². The Morgan fingerprint density at radius 3 is 1.11 bits per heavy atom. The minimum atomic E-state index is -3.51. The van der Waals surface area contributed by atoms with Gasteiger partial charge in [-0.15, -0.1) is 0 Å². The summed E-state index contributed by atoms with van der Waals surface area (Å²) in [6, 6.07) is 0. The van der Waals surface area contributed by atoms with Crippen molar-refractivity contribution in [3.05, 3.63) is 0 Å². The molecule has 0 aromatic heterocycles. The highest BCUT2D eigenvalue weighted by molar-refractivity contribution is 7.89. The standard InChI is InChI=1S/C12H24O3S.2C11H22O3S.2C10H20O3S.C9H18O3S/c1-8-9(2)12(7)10(3,4)11(5,6)15-16(12,13)14;1-7-8(2)9-10(3,4)11(5,6)14-15(9,12)13;1-7-8(2)11(6)9(3)10(4,5)14-15(11,12)13;1-6-8(2)10(5)7-9(3,4)13-14(10,11)12;1-6-7(2)9-8(3)10(4,5)13-14(9,11)12;1-5-7(2)8-6-9(3,4)12-13(8,10)11/h9H,8H2,1-7H3;2*8-9H,7H2,1-6H3;8H,6-7H2,1-5H3;7-9H,6H2,1-5H3;7-8H,5-6H2,1-4H3. The van der Waals surface area contributed by atoms with Gasteiger partial charge in [0.05, 0.1) is 49.4 Å². The molecule has 0 saturated carbocycles. The fourth-order valence-electron chi connectivity index (χ4n) is 13.5. The third-order valence-electron chi connectivity index (χ3n) is 23.0. The van der Waals surface area contributed by atoms with Crippen LogP contribution in [0.5, 0.6) is 0 Å². The van der Waals surface area contributed by atoms with Crippen LogP contribution in [0.4, 0.5) is 0 Å². The zero-order valence-electron chi connectivity index (χ0n) is 60.3. The molecular formula is C63H126O18S6. The summed E-state index contributed by atoms with van der Waals surface area (Å²) in [5, 5.41) is -1.06. The van der Waals surface area contributed by atoms with Crippen molar-refractivity contribution in [1.29, 1.82) is 0 Å². The minimum Gasteiger partial charge on any atom is -0.264 e. The molecule has 522 valence electrons. The second-order valence-electron chi connectivity index (χ2n) is 31.4. The largest absolute Gasteiger partial charge is 0.274 e. The van der Waals surface area contributed by atoms with Crippen molar-refractivity contribution in [2.75, 3.05) is 0 Å². The van der Waals surface area contributed by atoms with Crippen LogP contribution in [-0.2, 0) is 85.8 Å². The maximum atomic E-state index is 12.3. The van der Waals surface area contributed by atoms with Crippen LogP contribution < -0.4 is 0 Å². The van der Waals surface area contributed by atoms with Crippen molar-refractivity contribution in [3.8, 4) is 0 Å². The van der Waals surface area contributed by atoms with Crippen LogP contribution in [0.25, 0.3) is 0 Å². The van der Waals surface area contributed by atoms with Crippen molar-refractivity contribution in [1.82, 2.24) is 0 Å². The molecule has 0 N–H and O–H groups in total. The summed E-state index contributed by atoms with van der Waals surface area (Å²) < 4.78 is 172. The predicted octanol–water partition coefficient (Wildman–Crippen LogP) is 14.5. The lowest BCUT2D eigenvalue weighted by atomic mass is 9.63. The molecule has 14 unspecified atom stereocenters. The normalized spacial score (nSPS) is 36.4. The molecule has 0 radical (unpaired) electrons. The molecule has 0 amide bonds. The summed E-state index contributed by atoms with van der Waals surface area (Å²) >= 11 is 0. The van der Waals surface area contributed by atoms with Gasteiger partial charge in [-0.1, -0.05) is 163 Å². The van der Waals surface area contributed by atoms with E-state index in [1.165, 1.54) is 0 Å². The van der Waals surface area contributed by atoms with Crippen LogP contribution >= 0.6 is 0 Å². The van der Waals surface area contributed by atoms with Crippen LogP contribution in [0, 0.1) is 58.2 Å². The first kappa shape index (κ1) is 84.5. The summed E-state index contributed by atoms with van der Waals surface area (Å²) in [7, 11) is -20.4. The highest BCUT2D eigenvalue weighted by Gasteiger charge is 2.69. The van der Waals surface area contributed by atoms with Gasteiger partial charge in [-0.25, -0.2) is 0 Å². The maximum absolute atomic E-state index is 12.3. The SMILES string of the molecule is CCC(C)C1(C)C(C)(C)C(C)(C)OS1(=O)=O.CCC(C)C1(C)C(C)C(C)(C)OS1(=O)=O.CCC(C)C1(C)CC(C)(C)OS1(=O)=O.CCC(C)C1C(C)(C)C(C)(C)OS1(=O)=O.CCC(C)C1C(C)C(C)(C)OS1(=O)=O.CCC(C)C1CC(C)(C)OS1(=O)=O. The van der Waals surface area contributed by atoms with Gasteiger partial charge in [0, 0.05) is 22.7 Å². The Balaban J connectivity index is 0.000000523. The molecule has 0 spiro atoms. The molecule has 18 nitrogen and oxygen atoms in total. The third-order valence-corrected chi connectivity index (χ3v) is 37.0. The maximum Gasteiger partial charge on any atom is 0.274 e. The van der Waals surface area contributed by atoms with Crippen LogP contribution in [0.1, 0.15) is 280 Å². The quantitative estimate of drug-likeness (QED) is 0.164. The van der Waals surface area contributed by atoms with Gasteiger partial charge in [-0.2, -0.15) is 50.5 Å². The van der Waals surface area contributed by atoms with Gasteiger partial charge in [0.1, 0.15) is 14.2 Å². The van der Waals surface area contributed by atoms with Crippen molar-refractivity contribution in [2.45, 2.75) is 343 Å². The molecule has 0 aliphatic carbocycles. The highest BCUT2D eigenvalue weighted by atomic mass is 32.2. The van der Waals surface area contributed by atoms with Gasteiger partial charge in [0.25, 0.3) is 60.7 Å². The Hall–Kier alpha value is -0.540. The van der Waals surface area contributed by atoms with E-state index in [9.17, 15) is 50.5 Å². The molecule has 24 heteroatoms. The lowest BCUT2D eigenvalue weighted by Crippen LogP contribution is -2.53. The first-order valence-electron chi connectivity index (χ1n) is 31.9. The van der Waals surface area contributed by atoms with Crippen LogP contribution in [0.2, 0.25) is 0 Å². The number of hydrogen-bond donors (Lipinski definition) is 0. The molecule has 0 aromatic carbocycles. The van der Waals surface area contributed by atoms with Gasteiger partial charge < -0.3 is 0 Å². The van der Waals surface area contributed by atoms with Crippen molar-refractivity contribution in [3.63, 3.8) is 0 Å². The molecule has 6 fully saturated rings. The fourth-order valence-corrected chi connectivity index (χ4v) is 27.5. The second kappa shape index (κ2) is 27.7. The Morgan fingerprint density at radius 1 is 0.402 bits per heavy atom. The van der Waals surface area contributed by atoms with Crippen molar-refractivity contribution < 1.29 is 75.6 Å². The second-order valence-corrected chi connectivity index (χ2v) is 42.4. The van der Waals surface area contributed by atoms with E-state index in [-0.39, 0.29) is 63.3 Å².